The lowest BCUT2D eigenvalue weighted by Gasteiger charge is -2.20. The van der Waals surface area contributed by atoms with E-state index in [1.165, 1.54) is 10.6 Å². The van der Waals surface area contributed by atoms with E-state index in [1.54, 1.807) is 0 Å². The molecule has 0 aromatic carbocycles. The van der Waals surface area contributed by atoms with E-state index in [2.05, 4.69) is 10.3 Å². The van der Waals surface area contributed by atoms with Crippen LogP contribution in [0.3, 0.4) is 0 Å². The molecule has 0 amide bonds. The van der Waals surface area contributed by atoms with Crippen molar-refractivity contribution in [2.45, 2.75) is 32.2 Å². The molecule has 1 rings (SSSR count). The molecule has 3 N–H and O–H groups in total. The number of rotatable bonds is 5. The first-order chi connectivity index (χ1) is 7.95. The molecular weight excluding hydrogens is 240 g/mol. The maximum Gasteiger partial charge on any atom is 0.211 e. The van der Waals surface area contributed by atoms with E-state index >= 15 is 0 Å². The van der Waals surface area contributed by atoms with Crippen molar-refractivity contribution in [3.63, 3.8) is 0 Å². The lowest BCUT2D eigenvalue weighted by molar-refractivity contribution is 0.397. The van der Waals surface area contributed by atoms with Gasteiger partial charge >= 0.3 is 0 Å². The average molecular weight is 262 g/mol. The first kappa shape index (κ1) is 14.2. The lowest BCUT2D eigenvalue weighted by atomic mass is 10.2. The summed E-state index contributed by atoms with van der Waals surface area (Å²) in [4.78, 5) is 4.18. The summed E-state index contributed by atoms with van der Waals surface area (Å²) in [5, 5.41) is 2.97. The molecule has 0 radical (unpaired) electrons. The van der Waals surface area contributed by atoms with Crippen molar-refractivity contribution in [2.24, 2.45) is 10.7 Å². The smallest absolute Gasteiger partial charge is 0.211 e. The zero-order chi connectivity index (χ0) is 12.9. The molecule has 1 fully saturated rings. The van der Waals surface area contributed by atoms with Gasteiger partial charge in [0.05, 0.1) is 12.8 Å². The summed E-state index contributed by atoms with van der Waals surface area (Å²) in [6.45, 7) is 3.87. The third-order valence-corrected chi connectivity index (χ3v) is 4.11. The van der Waals surface area contributed by atoms with Crippen molar-refractivity contribution in [3.05, 3.63) is 0 Å². The molecule has 1 aliphatic heterocycles. The van der Waals surface area contributed by atoms with Crippen LogP contribution in [0.25, 0.3) is 0 Å². The fraction of sp³-hybridized carbons (Fsp3) is 0.900. The van der Waals surface area contributed by atoms with Crippen molar-refractivity contribution >= 4 is 16.0 Å². The number of sulfonamides is 1. The molecule has 1 atom stereocenters. The number of nitrogens with two attached hydrogens (primary N) is 1. The van der Waals surface area contributed by atoms with Crippen LogP contribution in [0.15, 0.2) is 4.99 Å². The van der Waals surface area contributed by atoms with Gasteiger partial charge in [0.15, 0.2) is 5.96 Å². The van der Waals surface area contributed by atoms with Gasteiger partial charge < -0.3 is 11.1 Å². The molecule has 0 aliphatic carbocycles. The van der Waals surface area contributed by atoms with Crippen molar-refractivity contribution in [1.29, 1.82) is 0 Å². The van der Waals surface area contributed by atoms with Crippen molar-refractivity contribution < 1.29 is 8.42 Å². The number of nitrogens with zero attached hydrogens (tertiary/aromatic N) is 2. The summed E-state index contributed by atoms with van der Waals surface area (Å²) in [5.41, 5.74) is 5.66. The summed E-state index contributed by atoms with van der Waals surface area (Å²) in [6, 6.07) is -0.0352. The van der Waals surface area contributed by atoms with Gasteiger partial charge in [0.2, 0.25) is 10.0 Å². The van der Waals surface area contributed by atoms with E-state index in [4.69, 9.17) is 5.73 Å². The van der Waals surface area contributed by atoms with Gasteiger partial charge in [-0.1, -0.05) is 6.92 Å². The Morgan fingerprint density at radius 2 is 2.29 bits per heavy atom. The van der Waals surface area contributed by atoms with E-state index in [0.717, 1.165) is 25.8 Å². The predicted molar refractivity (Wildman–Crippen MR) is 69.4 cm³/mol. The number of aliphatic imine (C=N–C) groups is 1. The molecule has 0 aromatic rings. The number of nitrogens with one attached hydrogen (secondary N) is 1. The van der Waals surface area contributed by atoms with E-state index in [0.29, 0.717) is 19.0 Å². The van der Waals surface area contributed by atoms with Crippen molar-refractivity contribution in [3.8, 4) is 0 Å². The molecular formula is C10H22N4O2S. The molecule has 7 heteroatoms. The van der Waals surface area contributed by atoms with Gasteiger partial charge in [-0.05, 0) is 19.3 Å². The molecule has 0 aromatic heterocycles. The maximum absolute atomic E-state index is 11.5. The summed E-state index contributed by atoms with van der Waals surface area (Å²) < 4.78 is 24.5. The Hall–Kier alpha value is -0.820. The largest absolute Gasteiger partial charge is 0.370 e. The fourth-order valence-electron chi connectivity index (χ4n) is 1.94. The highest BCUT2D eigenvalue weighted by atomic mass is 32.2. The number of hydrogen-bond donors (Lipinski definition) is 2. The normalized spacial score (nSPS) is 22.9. The van der Waals surface area contributed by atoms with Crippen LogP contribution >= 0.6 is 0 Å². The van der Waals surface area contributed by atoms with Gasteiger partial charge in [0.1, 0.15) is 0 Å². The summed E-state index contributed by atoms with van der Waals surface area (Å²) in [7, 11) is -3.11. The third-order valence-electron chi connectivity index (χ3n) is 2.78. The zero-order valence-electron chi connectivity index (χ0n) is 10.5. The Labute approximate surface area is 103 Å². The molecule has 1 saturated heterocycles. The van der Waals surface area contributed by atoms with E-state index in [1.807, 2.05) is 6.92 Å². The molecule has 0 saturated carbocycles. The van der Waals surface area contributed by atoms with Crippen LogP contribution in [-0.2, 0) is 10.0 Å². The van der Waals surface area contributed by atoms with Gasteiger partial charge in [0.25, 0.3) is 0 Å². The van der Waals surface area contributed by atoms with Crippen LogP contribution in [0, 0.1) is 0 Å². The lowest BCUT2D eigenvalue weighted by Crippen LogP contribution is -2.38. The molecule has 100 valence electrons. The summed E-state index contributed by atoms with van der Waals surface area (Å²) in [5.74, 6) is 0.396. The van der Waals surface area contributed by atoms with Gasteiger partial charge in [-0.2, -0.15) is 4.31 Å². The topological polar surface area (TPSA) is 87.8 Å². The monoisotopic (exact) mass is 262 g/mol. The first-order valence-electron chi connectivity index (χ1n) is 5.95. The Morgan fingerprint density at radius 1 is 1.59 bits per heavy atom. The minimum absolute atomic E-state index is 0.0352. The molecule has 17 heavy (non-hydrogen) atoms. The van der Waals surface area contributed by atoms with Gasteiger partial charge in [-0.25, -0.2) is 8.42 Å². The predicted octanol–water partition coefficient (Wildman–Crippen LogP) is -0.275. The highest BCUT2D eigenvalue weighted by molar-refractivity contribution is 7.88. The van der Waals surface area contributed by atoms with Gasteiger partial charge in [-0.3, -0.25) is 4.99 Å². The minimum atomic E-state index is -3.11. The quantitative estimate of drug-likeness (QED) is 0.527. The van der Waals surface area contributed by atoms with E-state index < -0.39 is 10.0 Å². The van der Waals surface area contributed by atoms with E-state index in [9.17, 15) is 8.42 Å². The second-order valence-corrected chi connectivity index (χ2v) is 6.26. The van der Waals surface area contributed by atoms with Crippen molar-refractivity contribution in [1.82, 2.24) is 9.62 Å². The van der Waals surface area contributed by atoms with Crippen LogP contribution in [0.1, 0.15) is 26.2 Å². The Kier molecular flexibility index (Phi) is 5.20. The second-order valence-electron chi connectivity index (χ2n) is 4.32. The average Bonchev–Trinajstić information content (AvgIpc) is 2.71. The fourth-order valence-corrected chi connectivity index (χ4v) is 3.12. The first-order valence-corrected chi connectivity index (χ1v) is 7.80. The molecule has 0 bridgehead atoms. The van der Waals surface area contributed by atoms with Crippen LogP contribution in [0.2, 0.25) is 0 Å². The van der Waals surface area contributed by atoms with Gasteiger partial charge in [-0.15, -0.1) is 0 Å². The molecule has 1 heterocycles. The standard InChI is InChI=1S/C10H22N4O2S/c1-3-6-12-10(11)13-8-9-5-4-7-14(9)17(2,15)16/h9H,3-8H2,1-2H3,(H3,11,12,13)/t9-/m1/s1. The highest BCUT2D eigenvalue weighted by Gasteiger charge is 2.30. The summed E-state index contributed by atoms with van der Waals surface area (Å²) in [6.07, 6.45) is 3.98. The third kappa shape index (κ3) is 4.51. The Morgan fingerprint density at radius 3 is 2.88 bits per heavy atom. The molecule has 6 nitrogen and oxygen atoms in total. The Balaban J connectivity index is 2.51. The zero-order valence-corrected chi connectivity index (χ0v) is 11.3. The van der Waals surface area contributed by atoms with E-state index in [-0.39, 0.29) is 6.04 Å². The molecule has 0 unspecified atom stereocenters. The number of hydrogen-bond acceptors (Lipinski definition) is 3. The summed E-state index contributed by atoms with van der Waals surface area (Å²) >= 11 is 0. The molecule has 1 aliphatic rings. The Bertz CT molecular complexity index is 367. The maximum atomic E-state index is 11.5. The minimum Gasteiger partial charge on any atom is -0.370 e. The molecule has 0 spiro atoms. The highest BCUT2D eigenvalue weighted by Crippen LogP contribution is 2.20. The second kappa shape index (κ2) is 6.20. The van der Waals surface area contributed by atoms with Gasteiger partial charge in [0, 0.05) is 19.1 Å². The SMILES string of the molecule is CCCNC(N)=NC[C@H]1CCCN1S(C)(=O)=O. The number of guanidine groups is 1. The van der Waals surface area contributed by atoms with Crippen molar-refractivity contribution in [2.75, 3.05) is 25.9 Å². The van der Waals surface area contributed by atoms with Crippen LogP contribution in [-0.4, -0.2) is 50.6 Å². The van der Waals surface area contributed by atoms with Crippen LogP contribution < -0.4 is 11.1 Å². The van der Waals surface area contributed by atoms with Crippen LogP contribution in [0.5, 0.6) is 0 Å². The van der Waals surface area contributed by atoms with Crippen LogP contribution in [0.4, 0.5) is 0 Å².